The number of aromatic nitrogens is 4. The molecule has 0 saturated heterocycles. The lowest BCUT2D eigenvalue weighted by atomic mass is 10.4. The molecule has 8 heteroatoms. The Morgan fingerprint density at radius 1 is 1.56 bits per heavy atom. The van der Waals surface area contributed by atoms with Crippen molar-refractivity contribution in [1.82, 2.24) is 19.7 Å². The fourth-order valence-electron chi connectivity index (χ4n) is 1.26. The molecule has 94 valence electrons. The van der Waals surface area contributed by atoms with Crippen molar-refractivity contribution in [2.45, 2.75) is 6.92 Å². The first-order valence-corrected chi connectivity index (χ1v) is 6.18. The number of hydrogen-bond acceptors (Lipinski definition) is 5. The van der Waals surface area contributed by atoms with Gasteiger partial charge < -0.3 is 4.74 Å². The standard InChI is InChI=1S/C10H8BrClN4O2/c1-2-18-10(17)6-3-15-16(4-6)9-7(11)8(12)13-5-14-9/h3-5H,2H2,1H3. The molecule has 0 fully saturated rings. The third-order valence-corrected chi connectivity index (χ3v) is 3.28. The molecule has 18 heavy (non-hydrogen) atoms. The molecule has 0 amide bonds. The molecule has 0 aliphatic carbocycles. The van der Waals surface area contributed by atoms with E-state index in [-0.39, 0.29) is 5.15 Å². The second kappa shape index (κ2) is 5.45. The summed E-state index contributed by atoms with van der Waals surface area (Å²) >= 11 is 9.11. The van der Waals surface area contributed by atoms with E-state index in [0.717, 1.165) is 0 Å². The monoisotopic (exact) mass is 330 g/mol. The summed E-state index contributed by atoms with van der Waals surface area (Å²) in [6.07, 6.45) is 4.23. The third kappa shape index (κ3) is 2.51. The first kappa shape index (κ1) is 13.0. The van der Waals surface area contributed by atoms with Crippen LogP contribution in [0.2, 0.25) is 5.15 Å². The molecule has 2 heterocycles. The van der Waals surface area contributed by atoms with Crippen LogP contribution in [0.25, 0.3) is 5.82 Å². The summed E-state index contributed by atoms with van der Waals surface area (Å²) in [4.78, 5) is 19.3. The largest absolute Gasteiger partial charge is 0.462 e. The highest BCUT2D eigenvalue weighted by Crippen LogP contribution is 2.24. The molecule has 2 rings (SSSR count). The lowest BCUT2D eigenvalue weighted by molar-refractivity contribution is 0.0526. The van der Waals surface area contributed by atoms with Crippen LogP contribution in [0.1, 0.15) is 17.3 Å². The van der Waals surface area contributed by atoms with Gasteiger partial charge in [-0.2, -0.15) is 5.10 Å². The van der Waals surface area contributed by atoms with Crippen LogP contribution in [-0.2, 0) is 4.74 Å². The van der Waals surface area contributed by atoms with Gasteiger partial charge >= 0.3 is 5.97 Å². The maximum Gasteiger partial charge on any atom is 0.341 e. The van der Waals surface area contributed by atoms with Crippen molar-refractivity contribution in [2.75, 3.05) is 6.61 Å². The summed E-state index contributed by atoms with van der Waals surface area (Å²) in [5, 5.41) is 4.30. The van der Waals surface area contributed by atoms with Gasteiger partial charge in [0.05, 0.1) is 22.8 Å². The summed E-state index contributed by atoms with van der Waals surface area (Å²) in [5.74, 6) is 0.0190. The summed E-state index contributed by atoms with van der Waals surface area (Å²) < 4.78 is 6.79. The molecule has 0 N–H and O–H groups in total. The molecule has 6 nitrogen and oxygen atoms in total. The molecular weight excluding hydrogens is 323 g/mol. The summed E-state index contributed by atoms with van der Waals surface area (Å²) in [6.45, 7) is 2.05. The minimum absolute atomic E-state index is 0.271. The maximum atomic E-state index is 11.5. The van der Waals surface area contributed by atoms with E-state index in [1.165, 1.54) is 23.4 Å². The minimum Gasteiger partial charge on any atom is -0.462 e. The number of carbonyl (C=O) groups is 1. The summed E-state index contributed by atoms with van der Waals surface area (Å²) in [7, 11) is 0. The molecular formula is C10H8BrClN4O2. The predicted octanol–water partition coefficient (Wildman–Crippen LogP) is 2.25. The van der Waals surface area contributed by atoms with Crippen LogP contribution in [0.3, 0.4) is 0 Å². The Labute approximate surface area is 116 Å². The van der Waals surface area contributed by atoms with Crippen molar-refractivity contribution in [3.63, 3.8) is 0 Å². The van der Waals surface area contributed by atoms with Crippen LogP contribution >= 0.6 is 27.5 Å². The molecule has 0 aromatic carbocycles. The van der Waals surface area contributed by atoms with Crippen LogP contribution in [0.15, 0.2) is 23.2 Å². The van der Waals surface area contributed by atoms with Crippen molar-refractivity contribution in [2.24, 2.45) is 0 Å². The van der Waals surface area contributed by atoms with Gasteiger partial charge in [-0.25, -0.2) is 19.4 Å². The van der Waals surface area contributed by atoms with E-state index in [1.807, 2.05) is 0 Å². The average Bonchev–Trinajstić information content (AvgIpc) is 2.82. The second-order valence-electron chi connectivity index (χ2n) is 3.20. The zero-order valence-corrected chi connectivity index (χ0v) is 11.6. The number of ether oxygens (including phenoxy) is 1. The van der Waals surface area contributed by atoms with E-state index in [4.69, 9.17) is 16.3 Å². The van der Waals surface area contributed by atoms with Gasteiger partial charge in [0.15, 0.2) is 5.82 Å². The first-order valence-electron chi connectivity index (χ1n) is 5.01. The lowest BCUT2D eigenvalue weighted by Gasteiger charge is -2.03. The summed E-state index contributed by atoms with van der Waals surface area (Å²) in [6, 6.07) is 0. The number of halogens is 2. The van der Waals surface area contributed by atoms with E-state index in [2.05, 4.69) is 31.0 Å². The number of nitrogens with zero attached hydrogens (tertiary/aromatic N) is 4. The zero-order valence-electron chi connectivity index (χ0n) is 9.30. The van der Waals surface area contributed by atoms with Crippen molar-refractivity contribution in [1.29, 1.82) is 0 Å². The van der Waals surface area contributed by atoms with Gasteiger partial charge in [0.2, 0.25) is 0 Å². The molecule has 0 spiro atoms. The number of carbonyl (C=O) groups excluding carboxylic acids is 1. The minimum atomic E-state index is -0.431. The molecule has 0 saturated carbocycles. The van der Waals surface area contributed by atoms with Crippen LogP contribution in [-0.4, -0.2) is 32.3 Å². The average molecular weight is 332 g/mol. The Kier molecular flexibility index (Phi) is 3.93. The Morgan fingerprint density at radius 3 is 3.06 bits per heavy atom. The van der Waals surface area contributed by atoms with Crippen molar-refractivity contribution in [3.05, 3.63) is 33.9 Å². The number of esters is 1. The molecule has 0 aliphatic heterocycles. The van der Waals surface area contributed by atoms with E-state index in [9.17, 15) is 4.79 Å². The lowest BCUT2D eigenvalue weighted by Crippen LogP contribution is -2.04. The number of hydrogen-bond donors (Lipinski definition) is 0. The van der Waals surface area contributed by atoms with Crippen molar-refractivity contribution < 1.29 is 9.53 Å². The zero-order chi connectivity index (χ0) is 13.1. The van der Waals surface area contributed by atoms with Crippen molar-refractivity contribution >= 4 is 33.5 Å². The van der Waals surface area contributed by atoms with Gasteiger partial charge in [-0.15, -0.1) is 0 Å². The third-order valence-electron chi connectivity index (χ3n) is 2.04. The Hall–Kier alpha value is -1.47. The molecule has 0 radical (unpaired) electrons. The fourth-order valence-corrected chi connectivity index (χ4v) is 1.77. The van der Waals surface area contributed by atoms with E-state index >= 15 is 0 Å². The maximum absolute atomic E-state index is 11.5. The molecule has 2 aromatic rings. The summed E-state index contributed by atoms with van der Waals surface area (Å²) in [5.41, 5.74) is 0.346. The predicted molar refractivity (Wildman–Crippen MR) is 67.8 cm³/mol. The Bertz CT molecular complexity index is 587. The van der Waals surface area contributed by atoms with Gasteiger partial charge in [-0.05, 0) is 22.9 Å². The molecule has 0 aliphatic rings. The van der Waals surface area contributed by atoms with E-state index in [1.54, 1.807) is 6.92 Å². The van der Waals surface area contributed by atoms with E-state index in [0.29, 0.717) is 22.5 Å². The molecule has 0 atom stereocenters. The van der Waals surface area contributed by atoms with Crippen LogP contribution < -0.4 is 0 Å². The number of rotatable bonds is 3. The smallest absolute Gasteiger partial charge is 0.341 e. The topological polar surface area (TPSA) is 69.9 Å². The molecule has 0 bridgehead atoms. The second-order valence-corrected chi connectivity index (χ2v) is 4.35. The SMILES string of the molecule is CCOC(=O)c1cnn(-c2ncnc(Cl)c2Br)c1. The van der Waals surface area contributed by atoms with Crippen LogP contribution in [0, 0.1) is 0 Å². The normalized spacial score (nSPS) is 10.4. The first-order chi connectivity index (χ1) is 8.63. The Balaban J connectivity index is 2.35. The van der Waals surface area contributed by atoms with Crippen LogP contribution in [0.5, 0.6) is 0 Å². The van der Waals surface area contributed by atoms with Gasteiger partial charge in [0, 0.05) is 6.20 Å². The highest BCUT2D eigenvalue weighted by Gasteiger charge is 2.14. The Morgan fingerprint density at radius 2 is 2.33 bits per heavy atom. The molecule has 2 aromatic heterocycles. The molecule has 0 unspecified atom stereocenters. The van der Waals surface area contributed by atoms with Gasteiger partial charge in [-0.1, -0.05) is 11.6 Å². The van der Waals surface area contributed by atoms with Gasteiger partial charge in [0.25, 0.3) is 0 Å². The van der Waals surface area contributed by atoms with Crippen LogP contribution in [0.4, 0.5) is 0 Å². The van der Waals surface area contributed by atoms with Gasteiger partial charge in [-0.3, -0.25) is 0 Å². The van der Waals surface area contributed by atoms with Crippen molar-refractivity contribution in [3.8, 4) is 5.82 Å². The highest BCUT2D eigenvalue weighted by molar-refractivity contribution is 9.10. The van der Waals surface area contributed by atoms with E-state index < -0.39 is 5.97 Å². The quantitative estimate of drug-likeness (QED) is 0.637. The fraction of sp³-hybridized carbons (Fsp3) is 0.200. The highest BCUT2D eigenvalue weighted by atomic mass is 79.9. The van der Waals surface area contributed by atoms with Gasteiger partial charge in [0.1, 0.15) is 11.5 Å².